The van der Waals surface area contributed by atoms with Gasteiger partial charge in [0.25, 0.3) is 5.91 Å². The Morgan fingerprint density at radius 3 is 2.67 bits per heavy atom. The van der Waals surface area contributed by atoms with Crippen LogP contribution in [0.1, 0.15) is 29.3 Å². The maximum Gasteiger partial charge on any atom is 0.277 e. The van der Waals surface area contributed by atoms with Crippen molar-refractivity contribution in [3.05, 3.63) is 83.3 Å². The molecule has 1 saturated heterocycles. The van der Waals surface area contributed by atoms with Gasteiger partial charge >= 0.3 is 0 Å². The van der Waals surface area contributed by atoms with E-state index in [9.17, 15) is 14.3 Å². The van der Waals surface area contributed by atoms with Gasteiger partial charge in [-0.25, -0.2) is 9.37 Å². The third kappa shape index (κ3) is 4.64. The number of aryl methyl sites for hydroxylation is 1. The number of carbonyl (C=O) groups is 1. The standard InChI is InChI=1S/C24H23FN4O3S/c1-15-13-28(14-26-15)21-8-3-16(12-22(21)32-2)11-19-23(31)29(24(33)27-19)20(9-10-30)17-4-6-18(25)7-5-17/h3-8,11-14,20,30H,9-10H2,1-2H3,(H,27,33)/b19-11-. The summed E-state index contributed by atoms with van der Waals surface area (Å²) in [7, 11) is 1.58. The number of halogens is 1. The average molecular weight is 467 g/mol. The number of nitrogens with one attached hydrogen (secondary N) is 1. The highest BCUT2D eigenvalue weighted by Gasteiger charge is 2.36. The van der Waals surface area contributed by atoms with E-state index in [-0.39, 0.29) is 29.9 Å². The molecule has 1 aliphatic heterocycles. The molecule has 0 aliphatic carbocycles. The molecule has 170 valence electrons. The summed E-state index contributed by atoms with van der Waals surface area (Å²) < 4.78 is 20.8. The predicted molar refractivity (Wildman–Crippen MR) is 126 cm³/mol. The molecule has 0 saturated carbocycles. The lowest BCUT2D eigenvalue weighted by Gasteiger charge is -2.26. The van der Waals surface area contributed by atoms with E-state index >= 15 is 0 Å². The monoisotopic (exact) mass is 466 g/mol. The Hall–Kier alpha value is -3.56. The number of methoxy groups -OCH3 is 1. The number of amides is 1. The van der Waals surface area contributed by atoms with Crippen molar-refractivity contribution in [2.24, 2.45) is 0 Å². The third-order valence-electron chi connectivity index (χ3n) is 5.38. The van der Waals surface area contributed by atoms with Crippen LogP contribution < -0.4 is 10.1 Å². The molecule has 0 spiro atoms. The highest BCUT2D eigenvalue weighted by Crippen LogP contribution is 2.31. The highest BCUT2D eigenvalue weighted by molar-refractivity contribution is 7.80. The van der Waals surface area contributed by atoms with E-state index in [2.05, 4.69) is 10.3 Å². The van der Waals surface area contributed by atoms with Gasteiger partial charge in [-0.2, -0.15) is 0 Å². The van der Waals surface area contributed by atoms with Crippen LogP contribution in [0, 0.1) is 12.7 Å². The largest absolute Gasteiger partial charge is 0.495 e. The van der Waals surface area contributed by atoms with Crippen LogP contribution in [-0.4, -0.2) is 44.3 Å². The minimum atomic E-state index is -0.518. The summed E-state index contributed by atoms with van der Waals surface area (Å²) in [6.45, 7) is 1.75. The zero-order valence-electron chi connectivity index (χ0n) is 18.2. The Morgan fingerprint density at radius 1 is 1.27 bits per heavy atom. The van der Waals surface area contributed by atoms with Crippen LogP contribution in [0.2, 0.25) is 0 Å². The zero-order chi connectivity index (χ0) is 23.5. The number of carbonyl (C=O) groups excluding carboxylic acids is 1. The number of imidazole rings is 1. The van der Waals surface area contributed by atoms with E-state index in [4.69, 9.17) is 17.0 Å². The number of ether oxygens (including phenoxy) is 1. The SMILES string of the molecule is COc1cc(/C=C2\NC(=S)N(C(CCO)c3ccc(F)cc3)C2=O)ccc1-n1cnc(C)c1. The molecule has 0 bridgehead atoms. The molecule has 1 aliphatic rings. The fraction of sp³-hybridized carbons (Fsp3) is 0.208. The molecule has 1 fully saturated rings. The molecular weight excluding hydrogens is 443 g/mol. The lowest BCUT2D eigenvalue weighted by molar-refractivity contribution is -0.124. The second kappa shape index (κ2) is 9.51. The Kier molecular flexibility index (Phi) is 6.52. The molecule has 2 N–H and O–H groups in total. The minimum absolute atomic E-state index is 0.153. The molecule has 1 unspecified atom stereocenters. The number of thiocarbonyl (C=S) groups is 1. The van der Waals surface area contributed by atoms with Gasteiger partial charge in [0.1, 0.15) is 17.3 Å². The lowest BCUT2D eigenvalue weighted by Crippen LogP contribution is -2.35. The highest BCUT2D eigenvalue weighted by atomic mass is 32.1. The van der Waals surface area contributed by atoms with Gasteiger partial charge in [0.15, 0.2) is 5.11 Å². The normalized spacial score (nSPS) is 15.8. The molecular formula is C24H23FN4O3S. The van der Waals surface area contributed by atoms with E-state index in [0.717, 1.165) is 16.9 Å². The van der Waals surface area contributed by atoms with Gasteiger partial charge in [-0.05, 0) is 67.0 Å². The summed E-state index contributed by atoms with van der Waals surface area (Å²) in [5.74, 6) is -0.0778. The van der Waals surface area contributed by atoms with Crippen molar-refractivity contribution < 1.29 is 19.0 Å². The number of benzene rings is 2. The first-order chi connectivity index (χ1) is 15.9. The molecule has 4 rings (SSSR count). The van der Waals surface area contributed by atoms with Crippen molar-refractivity contribution >= 4 is 29.3 Å². The van der Waals surface area contributed by atoms with E-state index < -0.39 is 6.04 Å². The van der Waals surface area contributed by atoms with Gasteiger partial charge in [0, 0.05) is 12.8 Å². The second-order valence-electron chi connectivity index (χ2n) is 7.60. The molecule has 9 heteroatoms. The van der Waals surface area contributed by atoms with Crippen molar-refractivity contribution in [1.29, 1.82) is 0 Å². The average Bonchev–Trinajstić information content (AvgIpc) is 3.35. The van der Waals surface area contributed by atoms with Crippen molar-refractivity contribution in [3.8, 4) is 11.4 Å². The van der Waals surface area contributed by atoms with Crippen molar-refractivity contribution in [3.63, 3.8) is 0 Å². The summed E-state index contributed by atoms with van der Waals surface area (Å²) in [5, 5.41) is 12.7. The van der Waals surface area contributed by atoms with E-state index in [1.54, 1.807) is 31.6 Å². The molecule has 1 atom stereocenters. The van der Waals surface area contributed by atoms with Crippen molar-refractivity contribution in [1.82, 2.24) is 19.8 Å². The van der Waals surface area contributed by atoms with Crippen LogP contribution in [0.3, 0.4) is 0 Å². The van der Waals surface area contributed by atoms with Gasteiger partial charge in [-0.3, -0.25) is 9.69 Å². The summed E-state index contributed by atoms with van der Waals surface area (Å²) in [6, 6.07) is 10.9. The number of hydrogen-bond donors (Lipinski definition) is 2. The van der Waals surface area contributed by atoms with E-state index in [0.29, 0.717) is 17.0 Å². The van der Waals surface area contributed by atoms with Crippen LogP contribution in [0.5, 0.6) is 5.75 Å². The number of aliphatic hydroxyl groups is 1. The molecule has 0 radical (unpaired) electrons. The maximum atomic E-state index is 13.4. The summed E-state index contributed by atoms with van der Waals surface area (Å²) >= 11 is 5.43. The molecule has 3 aromatic rings. The number of aliphatic hydroxyl groups excluding tert-OH is 1. The zero-order valence-corrected chi connectivity index (χ0v) is 19.0. The van der Waals surface area contributed by atoms with E-state index in [1.165, 1.54) is 17.0 Å². The first-order valence-corrected chi connectivity index (χ1v) is 10.7. The molecule has 2 heterocycles. The number of rotatable bonds is 7. The smallest absolute Gasteiger partial charge is 0.277 e. The fourth-order valence-electron chi connectivity index (χ4n) is 3.80. The van der Waals surface area contributed by atoms with Gasteiger partial charge in [-0.1, -0.05) is 18.2 Å². The molecule has 1 amide bonds. The number of hydrogen-bond acceptors (Lipinski definition) is 5. The van der Waals surface area contributed by atoms with Crippen molar-refractivity contribution in [2.45, 2.75) is 19.4 Å². The number of aromatic nitrogens is 2. The summed E-state index contributed by atoms with van der Waals surface area (Å²) in [6.07, 6.45) is 5.56. The Bertz CT molecular complexity index is 1220. The first kappa shape index (κ1) is 22.6. The first-order valence-electron chi connectivity index (χ1n) is 10.3. The quantitative estimate of drug-likeness (QED) is 0.410. The molecule has 7 nitrogen and oxygen atoms in total. The van der Waals surface area contributed by atoms with Crippen molar-refractivity contribution in [2.75, 3.05) is 13.7 Å². The van der Waals surface area contributed by atoms with Gasteiger partial charge < -0.3 is 19.7 Å². The van der Waals surface area contributed by atoms with Gasteiger partial charge in [0.05, 0.1) is 30.9 Å². The fourth-order valence-corrected chi connectivity index (χ4v) is 4.12. The van der Waals surface area contributed by atoms with Crippen LogP contribution in [0.15, 0.2) is 60.7 Å². The van der Waals surface area contributed by atoms with Gasteiger partial charge in [0.2, 0.25) is 0 Å². The maximum absolute atomic E-state index is 13.4. The van der Waals surface area contributed by atoms with Crippen LogP contribution >= 0.6 is 12.2 Å². The second-order valence-corrected chi connectivity index (χ2v) is 7.98. The van der Waals surface area contributed by atoms with Gasteiger partial charge in [-0.15, -0.1) is 0 Å². The molecule has 1 aromatic heterocycles. The lowest BCUT2D eigenvalue weighted by atomic mass is 10.0. The van der Waals surface area contributed by atoms with Crippen LogP contribution in [-0.2, 0) is 4.79 Å². The van der Waals surface area contributed by atoms with E-state index in [1.807, 2.05) is 35.9 Å². The topological polar surface area (TPSA) is 79.6 Å². The van der Waals surface area contributed by atoms with Crippen LogP contribution in [0.25, 0.3) is 11.8 Å². The molecule has 2 aromatic carbocycles. The Labute approximate surface area is 196 Å². The van der Waals surface area contributed by atoms with Crippen LogP contribution in [0.4, 0.5) is 4.39 Å². The Balaban J connectivity index is 1.63. The third-order valence-corrected chi connectivity index (χ3v) is 5.68. The molecule has 33 heavy (non-hydrogen) atoms. The summed E-state index contributed by atoms with van der Waals surface area (Å²) in [4.78, 5) is 18.9. The predicted octanol–water partition coefficient (Wildman–Crippen LogP) is 3.51. The number of nitrogens with zero attached hydrogens (tertiary/aromatic N) is 3. The minimum Gasteiger partial charge on any atom is -0.495 e. The summed E-state index contributed by atoms with van der Waals surface area (Å²) in [5.41, 5.74) is 3.44. The Morgan fingerprint density at radius 2 is 2.03 bits per heavy atom.